The largest absolute Gasteiger partial charge is 0.508 e. The maximum absolute atomic E-state index is 9.37. The molecule has 2 aromatic carbocycles. The lowest BCUT2D eigenvalue weighted by Gasteiger charge is -2.26. The van der Waals surface area contributed by atoms with Gasteiger partial charge in [-0.25, -0.2) is 0 Å². The lowest BCUT2D eigenvalue weighted by Crippen LogP contribution is -2.32. The first-order chi connectivity index (χ1) is 8.31. The van der Waals surface area contributed by atoms with Gasteiger partial charge in [-0.05, 0) is 35.0 Å². The first-order valence-corrected chi connectivity index (χ1v) is 5.78. The second-order valence-electron chi connectivity index (χ2n) is 4.29. The lowest BCUT2D eigenvalue weighted by molar-refractivity contribution is -0.0720. The van der Waals surface area contributed by atoms with Crippen LogP contribution < -0.4 is 4.74 Å². The van der Waals surface area contributed by atoms with Crippen LogP contribution in [0.3, 0.4) is 0 Å². The van der Waals surface area contributed by atoms with Crippen LogP contribution in [0.2, 0.25) is 0 Å². The third-order valence-corrected chi connectivity index (χ3v) is 3.02. The van der Waals surface area contributed by atoms with Crippen molar-refractivity contribution in [3.8, 4) is 11.5 Å². The Morgan fingerprint density at radius 3 is 2.71 bits per heavy atom. The Morgan fingerprint density at radius 1 is 1.18 bits per heavy atom. The molecule has 1 atom stereocenters. The van der Waals surface area contributed by atoms with Crippen molar-refractivity contribution in [1.29, 1.82) is 0 Å². The molecule has 3 heteroatoms. The predicted octanol–water partition coefficient (Wildman–Crippen LogP) is 2.71. The minimum absolute atomic E-state index is 0.255. The molecule has 2 aromatic rings. The van der Waals surface area contributed by atoms with Crippen LogP contribution in [0.4, 0.5) is 0 Å². The summed E-state index contributed by atoms with van der Waals surface area (Å²) in [4.78, 5) is 0. The summed E-state index contributed by atoms with van der Waals surface area (Å²) in [5.41, 5.74) is 0. The van der Waals surface area contributed by atoms with E-state index in [0.29, 0.717) is 6.61 Å². The highest BCUT2D eigenvalue weighted by molar-refractivity contribution is 5.85. The van der Waals surface area contributed by atoms with Gasteiger partial charge in [0.1, 0.15) is 18.1 Å². The summed E-state index contributed by atoms with van der Waals surface area (Å²) in [7, 11) is 0. The fraction of sp³-hybridized carbons (Fsp3) is 0.286. The van der Waals surface area contributed by atoms with Gasteiger partial charge in [-0.15, -0.1) is 0 Å². The lowest BCUT2D eigenvalue weighted by atomic mass is 10.1. The first-order valence-electron chi connectivity index (χ1n) is 5.78. The number of rotatable bonds is 3. The highest BCUT2D eigenvalue weighted by atomic mass is 16.5. The van der Waals surface area contributed by atoms with Crippen molar-refractivity contribution < 1.29 is 14.6 Å². The molecule has 1 fully saturated rings. The number of hydrogen-bond donors (Lipinski definition) is 1. The van der Waals surface area contributed by atoms with Crippen molar-refractivity contribution in [2.24, 2.45) is 0 Å². The van der Waals surface area contributed by atoms with Crippen molar-refractivity contribution in [3.63, 3.8) is 0 Å². The van der Waals surface area contributed by atoms with E-state index in [9.17, 15) is 5.11 Å². The van der Waals surface area contributed by atoms with Crippen molar-refractivity contribution in [2.75, 3.05) is 13.2 Å². The van der Waals surface area contributed by atoms with E-state index in [2.05, 4.69) is 0 Å². The maximum Gasteiger partial charge on any atom is 0.120 e. The van der Waals surface area contributed by atoms with Crippen LogP contribution in [0, 0.1) is 0 Å². The van der Waals surface area contributed by atoms with E-state index >= 15 is 0 Å². The molecule has 17 heavy (non-hydrogen) atoms. The molecule has 0 aromatic heterocycles. The zero-order valence-corrected chi connectivity index (χ0v) is 9.43. The third kappa shape index (κ3) is 2.19. The molecule has 1 aliphatic rings. The number of ether oxygens (including phenoxy) is 2. The first kappa shape index (κ1) is 10.4. The molecule has 1 saturated heterocycles. The summed E-state index contributed by atoms with van der Waals surface area (Å²) >= 11 is 0. The van der Waals surface area contributed by atoms with Crippen LogP contribution in [0.25, 0.3) is 10.8 Å². The van der Waals surface area contributed by atoms with Gasteiger partial charge >= 0.3 is 0 Å². The van der Waals surface area contributed by atoms with Crippen molar-refractivity contribution in [3.05, 3.63) is 36.4 Å². The second-order valence-corrected chi connectivity index (χ2v) is 4.29. The highest BCUT2D eigenvalue weighted by Crippen LogP contribution is 2.24. The summed E-state index contributed by atoms with van der Waals surface area (Å²) in [6, 6.07) is 11.2. The molecule has 1 aliphatic heterocycles. The van der Waals surface area contributed by atoms with Crippen LogP contribution in [0.1, 0.15) is 6.42 Å². The molecular weight excluding hydrogens is 216 g/mol. The average Bonchev–Trinajstić information content (AvgIpc) is 2.27. The SMILES string of the molecule is Oc1ccc2cc(OCC3CCO3)ccc2c1. The molecule has 3 rings (SSSR count). The minimum atomic E-state index is 0.255. The molecule has 1 N–H and O–H groups in total. The normalized spacial score (nSPS) is 18.9. The minimum Gasteiger partial charge on any atom is -0.508 e. The fourth-order valence-corrected chi connectivity index (χ4v) is 1.91. The van der Waals surface area contributed by atoms with E-state index in [-0.39, 0.29) is 11.9 Å². The predicted molar refractivity (Wildman–Crippen MR) is 65.5 cm³/mol. The van der Waals surface area contributed by atoms with Gasteiger partial charge in [0.2, 0.25) is 0 Å². The Morgan fingerprint density at radius 2 is 1.94 bits per heavy atom. The summed E-state index contributed by atoms with van der Waals surface area (Å²) < 4.78 is 11.0. The molecule has 0 spiro atoms. The summed E-state index contributed by atoms with van der Waals surface area (Å²) in [6.45, 7) is 1.47. The van der Waals surface area contributed by atoms with E-state index in [1.165, 1.54) is 0 Å². The van der Waals surface area contributed by atoms with Crippen molar-refractivity contribution in [1.82, 2.24) is 0 Å². The van der Waals surface area contributed by atoms with Gasteiger partial charge in [0.15, 0.2) is 0 Å². The van der Waals surface area contributed by atoms with E-state index in [1.807, 2.05) is 24.3 Å². The van der Waals surface area contributed by atoms with E-state index < -0.39 is 0 Å². The zero-order chi connectivity index (χ0) is 11.7. The van der Waals surface area contributed by atoms with Crippen LogP contribution in [-0.2, 0) is 4.74 Å². The summed E-state index contributed by atoms with van der Waals surface area (Å²) in [6.07, 6.45) is 1.34. The zero-order valence-electron chi connectivity index (χ0n) is 9.43. The molecule has 0 bridgehead atoms. The molecule has 1 unspecified atom stereocenters. The van der Waals surface area contributed by atoms with E-state index in [1.54, 1.807) is 12.1 Å². The second kappa shape index (κ2) is 4.26. The van der Waals surface area contributed by atoms with Gasteiger partial charge in [-0.1, -0.05) is 12.1 Å². The molecule has 3 nitrogen and oxygen atoms in total. The van der Waals surface area contributed by atoms with Crippen LogP contribution >= 0.6 is 0 Å². The Kier molecular flexibility index (Phi) is 2.61. The smallest absolute Gasteiger partial charge is 0.120 e. The summed E-state index contributed by atoms with van der Waals surface area (Å²) in [5, 5.41) is 11.4. The molecule has 1 heterocycles. The Bertz CT molecular complexity index is 532. The number of phenolic OH excluding ortho intramolecular Hbond substituents is 1. The maximum atomic E-state index is 9.37. The average molecular weight is 230 g/mol. The number of benzene rings is 2. The monoisotopic (exact) mass is 230 g/mol. The fourth-order valence-electron chi connectivity index (χ4n) is 1.91. The van der Waals surface area contributed by atoms with Gasteiger partial charge < -0.3 is 14.6 Å². The van der Waals surface area contributed by atoms with Gasteiger partial charge in [-0.2, -0.15) is 0 Å². The van der Waals surface area contributed by atoms with Crippen LogP contribution in [-0.4, -0.2) is 24.4 Å². The van der Waals surface area contributed by atoms with Crippen LogP contribution in [0.5, 0.6) is 11.5 Å². The van der Waals surface area contributed by atoms with E-state index in [0.717, 1.165) is 29.5 Å². The quantitative estimate of drug-likeness (QED) is 0.881. The van der Waals surface area contributed by atoms with Gasteiger partial charge in [0.25, 0.3) is 0 Å². The molecule has 0 saturated carbocycles. The summed E-state index contributed by atoms with van der Waals surface area (Å²) in [5.74, 6) is 1.13. The topological polar surface area (TPSA) is 38.7 Å². The van der Waals surface area contributed by atoms with Crippen molar-refractivity contribution >= 4 is 10.8 Å². The third-order valence-electron chi connectivity index (χ3n) is 3.02. The number of fused-ring (bicyclic) bond motifs is 1. The highest BCUT2D eigenvalue weighted by Gasteiger charge is 2.18. The van der Waals surface area contributed by atoms with Crippen molar-refractivity contribution in [2.45, 2.75) is 12.5 Å². The van der Waals surface area contributed by atoms with Gasteiger partial charge in [0.05, 0.1) is 6.10 Å². The molecule has 88 valence electrons. The Labute approximate surface area is 99.6 Å². The number of aromatic hydroxyl groups is 1. The van der Waals surface area contributed by atoms with Gasteiger partial charge in [0, 0.05) is 13.0 Å². The Hall–Kier alpha value is -1.74. The molecular formula is C14H14O3. The van der Waals surface area contributed by atoms with E-state index in [4.69, 9.17) is 9.47 Å². The number of hydrogen-bond acceptors (Lipinski definition) is 3. The van der Waals surface area contributed by atoms with Gasteiger partial charge in [-0.3, -0.25) is 0 Å². The molecule has 0 aliphatic carbocycles. The van der Waals surface area contributed by atoms with Crippen LogP contribution in [0.15, 0.2) is 36.4 Å². The molecule has 0 radical (unpaired) electrons. The molecule has 0 amide bonds. The standard InChI is InChI=1S/C14H14O3/c15-12-3-1-11-8-13(4-2-10(11)7-12)17-9-14-5-6-16-14/h1-4,7-8,14-15H,5-6,9H2. The number of phenols is 1. The Balaban J connectivity index is 1.78.